The first-order valence-corrected chi connectivity index (χ1v) is 7.45. The predicted octanol–water partition coefficient (Wildman–Crippen LogP) is 3.80. The van der Waals surface area contributed by atoms with Crippen LogP contribution in [0.3, 0.4) is 0 Å². The van der Waals surface area contributed by atoms with E-state index in [1.165, 1.54) is 12.8 Å². The number of benzene rings is 1. The van der Waals surface area contributed by atoms with E-state index in [1.54, 1.807) is 12.1 Å². The average molecular weight is 277 g/mol. The molecule has 5 nitrogen and oxygen atoms in total. The molecule has 0 aromatic heterocycles. The molecule has 2 rings (SSSR count). The standard InChI is InChI=1S/C15H23N3O2/c1-3-5-8-17(13-6-7-13)14-9-12(16-4-2)10-15(11-14)18(19)20/h9-11,13,16H,3-8H2,1-2H3. The van der Waals surface area contributed by atoms with Crippen LogP contribution in [0.5, 0.6) is 0 Å². The molecule has 0 saturated heterocycles. The average Bonchev–Trinajstić information content (AvgIpc) is 3.24. The summed E-state index contributed by atoms with van der Waals surface area (Å²) in [5.41, 5.74) is 1.98. The van der Waals surface area contributed by atoms with Crippen LogP contribution in [0.15, 0.2) is 18.2 Å². The van der Waals surface area contributed by atoms with Crippen LogP contribution >= 0.6 is 0 Å². The highest BCUT2D eigenvalue weighted by Gasteiger charge is 2.29. The number of hydrogen-bond acceptors (Lipinski definition) is 4. The molecule has 0 bridgehead atoms. The van der Waals surface area contributed by atoms with E-state index in [0.29, 0.717) is 6.04 Å². The third-order valence-corrected chi connectivity index (χ3v) is 3.57. The summed E-state index contributed by atoms with van der Waals surface area (Å²) in [5.74, 6) is 0. The van der Waals surface area contributed by atoms with Crippen LogP contribution in [-0.4, -0.2) is 24.1 Å². The van der Waals surface area contributed by atoms with Crippen molar-refractivity contribution in [2.24, 2.45) is 0 Å². The van der Waals surface area contributed by atoms with E-state index in [1.807, 2.05) is 13.0 Å². The second-order valence-corrected chi connectivity index (χ2v) is 5.30. The third-order valence-electron chi connectivity index (χ3n) is 3.57. The van der Waals surface area contributed by atoms with Gasteiger partial charge in [-0.2, -0.15) is 0 Å². The molecular weight excluding hydrogens is 254 g/mol. The van der Waals surface area contributed by atoms with E-state index >= 15 is 0 Å². The highest BCUT2D eigenvalue weighted by molar-refractivity contribution is 5.65. The van der Waals surface area contributed by atoms with Crippen molar-refractivity contribution in [3.05, 3.63) is 28.3 Å². The Hall–Kier alpha value is -1.78. The minimum absolute atomic E-state index is 0.167. The lowest BCUT2D eigenvalue weighted by molar-refractivity contribution is -0.384. The van der Waals surface area contributed by atoms with E-state index in [0.717, 1.165) is 37.3 Å². The normalized spacial score (nSPS) is 14.1. The Balaban J connectivity index is 2.28. The smallest absolute Gasteiger partial charge is 0.273 e. The van der Waals surface area contributed by atoms with Gasteiger partial charge in [-0.15, -0.1) is 0 Å². The summed E-state index contributed by atoms with van der Waals surface area (Å²) >= 11 is 0. The first kappa shape index (κ1) is 14.6. The number of hydrogen-bond donors (Lipinski definition) is 1. The van der Waals surface area contributed by atoms with Gasteiger partial charge < -0.3 is 10.2 Å². The number of nitro benzene ring substituents is 1. The van der Waals surface area contributed by atoms with Gasteiger partial charge in [0.2, 0.25) is 0 Å². The molecule has 1 aliphatic rings. The van der Waals surface area contributed by atoms with Gasteiger partial charge in [-0.3, -0.25) is 10.1 Å². The zero-order chi connectivity index (χ0) is 14.5. The fourth-order valence-electron chi connectivity index (χ4n) is 2.41. The lowest BCUT2D eigenvalue weighted by atomic mass is 10.2. The van der Waals surface area contributed by atoms with Crippen molar-refractivity contribution >= 4 is 17.1 Å². The third kappa shape index (κ3) is 3.62. The molecule has 0 radical (unpaired) electrons. The monoisotopic (exact) mass is 277 g/mol. The van der Waals surface area contributed by atoms with Crippen LogP contribution in [0.25, 0.3) is 0 Å². The number of nitrogens with zero attached hydrogens (tertiary/aromatic N) is 2. The lowest BCUT2D eigenvalue weighted by Crippen LogP contribution is -2.26. The Labute approximate surface area is 120 Å². The Bertz CT molecular complexity index is 472. The maximum Gasteiger partial charge on any atom is 0.273 e. The highest BCUT2D eigenvalue weighted by Crippen LogP contribution is 2.35. The topological polar surface area (TPSA) is 58.4 Å². The summed E-state index contributed by atoms with van der Waals surface area (Å²) in [6.07, 6.45) is 4.65. The van der Waals surface area contributed by atoms with Crippen molar-refractivity contribution in [1.82, 2.24) is 0 Å². The summed E-state index contributed by atoms with van der Waals surface area (Å²) < 4.78 is 0. The molecular formula is C15H23N3O2. The van der Waals surface area contributed by atoms with E-state index < -0.39 is 0 Å². The second kappa shape index (κ2) is 6.59. The molecule has 0 unspecified atom stereocenters. The van der Waals surface area contributed by atoms with E-state index in [2.05, 4.69) is 17.1 Å². The maximum absolute atomic E-state index is 11.1. The summed E-state index contributed by atoms with van der Waals surface area (Å²) in [4.78, 5) is 13.1. The number of rotatable bonds is 8. The molecule has 5 heteroatoms. The van der Waals surface area contributed by atoms with Crippen LogP contribution in [-0.2, 0) is 0 Å². The quantitative estimate of drug-likeness (QED) is 0.580. The van der Waals surface area contributed by atoms with Crippen molar-refractivity contribution in [1.29, 1.82) is 0 Å². The molecule has 20 heavy (non-hydrogen) atoms. The minimum Gasteiger partial charge on any atom is -0.385 e. The number of anilines is 2. The number of nitro groups is 1. The summed E-state index contributed by atoms with van der Waals surface area (Å²) in [5, 5.41) is 14.3. The van der Waals surface area contributed by atoms with Gasteiger partial charge in [0, 0.05) is 42.6 Å². The predicted molar refractivity (Wildman–Crippen MR) is 82.5 cm³/mol. The van der Waals surface area contributed by atoms with Crippen molar-refractivity contribution in [3.8, 4) is 0 Å². The molecule has 110 valence electrons. The van der Waals surface area contributed by atoms with Crippen LogP contribution in [0.2, 0.25) is 0 Å². The van der Waals surface area contributed by atoms with Crippen molar-refractivity contribution < 1.29 is 4.92 Å². The first-order valence-electron chi connectivity index (χ1n) is 7.45. The molecule has 1 aliphatic carbocycles. The van der Waals surface area contributed by atoms with Crippen LogP contribution < -0.4 is 10.2 Å². The Morgan fingerprint density at radius 2 is 2.10 bits per heavy atom. The number of unbranched alkanes of at least 4 members (excludes halogenated alkanes) is 1. The molecule has 1 aromatic carbocycles. The fourth-order valence-corrected chi connectivity index (χ4v) is 2.41. The van der Waals surface area contributed by atoms with Gasteiger partial charge in [-0.05, 0) is 32.3 Å². The van der Waals surface area contributed by atoms with Crippen LogP contribution in [0.4, 0.5) is 17.1 Å². The summed E-state index contributed by atoms with van der Waals surface area (Å²) in [7, 11) is 0. The zero-order valence-corrected chi connectivity index (χ0v) is 12.3. The van der Waals surface area contributed by atoms with Crippen molar-refractivity contribution in [2.75, 3.05) is 23.3 Å². The number of non-ortho nitro benzene ring substituents is 1. The van der Waals surface area contributed by atoms with Gasteiger partial charge in [-0.25, -0.2) is 0 Å². The van der Waals surface area contributed by atoms with Crippen molar-refractivity contribution in [3.63, 3.8) is 0 Å². The molecule has 1 aromatic rings. The Morgan fingerprint density at radius 3 is 2.65 bits per heavy atom. The van der Waals surface area contributed by atoms with Gasteiger partial charge in [0.05, 0.1) is 4.92 Å². The lowest BCUT2D eigenvalue weighted by Gasteiger charge is -2.25. The maximum atomic E-state index is 11.1. The molecule has 0 spiro atoms. The fraction of sp³-hybridized carbons (Fsp3) is 0.600. The Morgan fingerprint density at radius 1 is 1.35 bits per heavy atom. The molecule has 0 atom stereocenters. The highest BCUT2D eigenvalue weighted by atomic mass is 16.6. The molecule has 1 N–H and O–H groups in total. The van der Waals surface area contributed by atoms with Gasteiger partial charge in [0.15, 0.2) is 0 Å². The van der Waals surface area contributed by atoms with E-state index in [9.17, 15) is 10.1 Å². The SMILES string of the molecule is CCCCN(c1cc(NCC)cc([N+](=O)[O-])c1)C1CC1. The zero-order valence-electron chi connectivity index (χ0n) is 12.3. The second-order valence-electron chi connectivity index (χ2n) is 5.30. The van der Waals surface area contributed by atoms with E-state index in [-0.39, 0.29) is 10.6 Å². The van der Waals surface area contributed by atoms with Crippen molar-refractivity contribution in [2.45, 2.75) is 45.6 Å². The molecule has 0 amide bonds. The van der Waals surface area contributed by atoms with Gasteiger partial charge in [0.25, 0.3) is 5.69 Å². The van der Waals surface area contributed by atoms with E-state index in [4.69, 9.17) is 0 Å². The Kier molecular flexibility index (Phi) is 4.82. The van der Waals surface area contributed by atoms with Crippen LogP contribution in [0, 0.1) is 10.1 Å². The molecule has 1 fully saturated rings. The van der Waals surface area contributed by atoms with Gasteiger partial charge >= 0.3 is 0 Å². The minimum atomic E-state index is -0.310. The summed E-state index contributed by atoms with van der Waals surface area (Å²) in [6, 6.07) is 5.91. The largest absolute Gasteiger partial charge is 0.385 e. The molecule has 0 aliphatic heterocycles. The van der Waals surface area contributed by atoms with Gasteiger partial charge in [0.1, 0.15) is 0 Å². The first-order chi connectivity index (χ1) is 9.65. The van der Waals surface area contributed by atoms with Gasteiger partial charge in [-0.1, -0.05) is 13.3 Å². The summed E-state index contributed by atoms with van der Waals surface area (Å²) in [6.45, 7) is 5.91. The molecule has 0 heterocycles. The van der Waals surface area contributed by atoms with Crippen LogP contribution in [0.1, 0.15) is 39.5 Å². The molecule has 1 saturated carbocycles. The number of nitrogens with one attached hydrogen (secondary N) is 1.